The zero-order valence-electron chi connectivity index (χ0n) is 8.15. The number of halogens is 1. The number of alkyl halides is 1. The lowest BCUT2D eigenvalue weighted by molar-refractivity contribution is 0.266. The van der Waals surface area contributed by atoms with Crippen molar-refractivity contribution in [3.8, 4) is 0 Å². The molecule has 1 aliphatic carbocycles. The first-order valence-electron chi connectivity index (χ1n) is 5.04. The van der Waals surface area contributed by atoms with Gasteiger partial charge in [-0.2, -0.15) is 0 Å². The number of rotatable bonds is 3. The van der Waals surface area contributed by atoms with Crippen molar-refractivity contribution in [3.63, 3.8) is 0 Å². The zero-order chi connectivity index (χ0) is 8.97. The summed E-state index contributed by atoms with van der Waals surface area (Å²) in [6.07, 6.45) is 5.11. The van der Waals surface area contributed by atoms with E-state index in [0.29, 0.717) is 6.04 Å². The first kappa shape index (κ1) is 9.97. The molecule has 0 heterocycles. The van der Waals surface area contributed by atoms with E-state index in [9.17, 15) is 4.39 Å². The van der Waals surface area contributed by atoms with Gasteiger partial charge in [-0.05, 0) is 25.7 Å². The molecular weight excluding hydrogens is 153 g/mol. The van der Waals surface area contributed by atoms with E-state index in [0.717, 1.165) is 5.92 Å². The van der Waals surface area contributed by atoms with E-state index in [1.54, 1.807) is 0 Å². The Morgan fingerprint density at radius 1 is 1.50 bits per heavy atom. The molecule has 0 spiro atoms. The van der Waals surface area contributed by atoms with Gasteiger partial charge in [0, 0.05) is 12.1 Å². The molecule has 1 fully saturated rings. The van der Waals surface area contributed by atoms with Crippen LogP contribution in [0.1, 0.15) is 39.5 Å². The summed E-state index contributed by atoms with van der Waals surface area (Å²) in [4.78, 5) is 0. The lowest BCUT2D eigenvalue weighted by atomic mass is 9.87. The molecule has 0 aliphatic heterocycles. The summed E-state index contributed by atoms with van der Waals surface area (Å²) in [6.45, 7) is 3.96. The molecule has 12 heavy (non-hydrogen) atoms. The van der Waals surface area contributed by atoms with Gasteiger partial charge in [0.15, 0.2) is 0 Å². The van der Waals surface area contributed by atoms with Gasteiger partial charge in [-0.3, -0.25) is 0 Å². The highest BCUT2D eigenvalue weighted by atomic mass is 19.1. The second kappa shape index (κ2) is 4.80. The number of nitrogens with one attached hydrogen (secondary N) is 1. The summed E-state index contributed by atoms with van der Waals surface area (Å²) >= 11 is 0. The summed E-state index contributed by atoms with van der Waals surface area (Å²) in [7, 11) is 0. The third kappa shape index (κ3) is 3.10. The lowest BCUT2D eigenvalue weighted by Crippen LogP contribution is -2.40. The monoisotopic (exact) mass is 173 g/mol. The van der Waals surface area contributed by atoms with Crippen molar-refractivity contribution in [2.75, 3.05) is 6.67 Å². The van der Waals surface area contributed by atoms with Crippen LogP contribution in [0.25, 0.3) is 0 Å². The van der Waals surface area contributed by atoms with Gasteiger partial charge in [-0.15, -0.1) is 0 Å². The van der Waals surface area contributed by atoms with E-state index in [-0.39, 0.29) is 12.7 Å². The number of hydrogen-bond acceptors (Lipinski definition) is 1. The minimum atomic E-state index is -0.245. The molecule has 1 aliphatic rings. The van der Waals surface area contributed by atoms with Gasteiger partial charge >= 0.3 is 0 Å². The van der Waals surface area contributed by atoms with E-state index in [2.05, 4.69) is 12.2 Å². The topological polar surface area (TPSA) is 12.0 Å². The smallest absolute Gasteiger partial charge is 0.104 e. The normalized spacial score (nSPS) is 33.2. The maximum Gasteiger partial charge on any atom is 0.104 e. The molecule has 1 rings (SSSR count). The van der Waals surface area contributed by atoms with E-state index in [1.165, 1.54) is 25.7 Å². The first-order chi connectivity index (χ1) is 5.72. The summed E-state index contributed by atoms with van der Waals surface area (Å²) in [5, 5.41) is 3.32. The molecule has 0 saturated heterocycles. The molecule has 0 amide bonds. The highest BCUT2D eigenvalue weighted by Crippen LogP contribution is 2.23. The van der Waals surface area contributed by atoms with Gasteiger partial charge in [0.25, 0.3) is 0 Å². The average molecular weight is 173 g/mol. The summed E-state index contributed by atoms with van der Waals surface area (Å²) in [5.41, 5.74) is 0. The Morgan fingerprint density at radius 2 is 2.25 bits per heavy atom. The fourth-order valence-corrected chi connectivity index (χ4v) is 2.03. The second-order valence-electron chi connectivity index (χ2n) is 4.19. The summed E-state index contributed by atoms with van der Waals surface area (Å²) < 4.78 is 12.2. The molecule has 0 radical (unpaired) electrons. The van der Waals surface area contributed by atoms with Crippen LogP contribution in [0.2, 0.25) is 0 Å². The molecule has 2 heteroatoms. The standard InChI is InChI=1S/C10H20FN/c1-8-4-3-5-10(6-8)12-9(2)7-11/h8-10,12H,3-7H2,1-2H3/t8?,9-,10?/m0/s1. The lowest BCUT2D eigenvalue weighted by Gasteiger charge is -2.29. The molecule has 1 N–H and O–H groups in total. The Labute approximate surface area is 74.7 Å². The van der Waals surface area contributed by atoms with Crippen LogP contribution in [-0.2, 0) is 0 Å². The third-order valence-corrected chi connectivity index (χ3v) is 2.69. The molecule has 1 saturated carbocycles. The largest absolute Gasteiger partial charge is 0.309 e. The van der Waals surface area contributed by atoms with Gasteiger partial charge in [0.05, 0.1) is 0 Å². The Morgan fingerprint density at radius 3 is 2.83 bits per heavy atom. The van der Waals surface area contributed by atoms with E-state index < -0.39 is 0 Å². The SMILES string of the molecule is CC1CCCC(N[C@@H](C)CF)C1. The van der Waals surface area contributed by atoms with Crippen LogP contribution < -0.4 is 5.32 Å². The van der Waals surface area contributed by atoms with Crippen LogP contribution in [0.5, 0.6) is 0 Å². The van der Waals surface area contributed by atoms with E-state index in [1.807, 2.05) is 6.92 Å². The highest BCUT2D eigenvalue weighted by Gasteiger charge is 2.19. The highest BCUT2D eigenvalue weighted by molar-refractivity contribution is 4.77. The predicted molar refractivity (Wildman–Crippen MR) is 50.0 cm³/mol. The average Bonchev–Trinajstić information content (AvgIpc) is 2.04. The van der Waals surface area contributed by atoms with Gasteiger partial charge in [0.1, 0.15) is 6.67 Å². The summed E-state index contributed by atoms with van der Waals surface area (Å²) in [5.74, 6) is 0.822. The Bertz CT molecular complexity index is 127. The van der Waals surface area contributed by atoms with Crippen molar-refractivity contribution < 1.29 is 4.39 Å². The van der Waals surface area contributed by atoms with Crippen LogP contribution in [0.3, 0.4) is 0 Å². The van der Waals surface area contributed by atoms with Crippen molar-refractivity contribution in [1.29, 1.82) is 0 Å². The van der Waals surface area contributed by atoms with Crippen LogP contribution >= 0.6 is 0 Å². The van der Waals surface area contributed by atoms with Crippen LogP contribution in [0.15, 0.2) is 0 Å². The molecule has 2 unspecified atom stereocenters. The molecule has 72 valence electrons. The Hall–Kier alpha value is -0.110. The zero-order valence-corrected chi connectivity index (χ0v) is 8.15. The molecule has 0 aromatic carbocycles. The summed E-state index contributed by atoms with van der Waals surface area (Å²) in [6, 6.07) is 0.611. The van der Waals surface area contributed by atoms with Crippen molar-refractivity contribution in [3.05, 3.63) is 0 Å². The van der Waals surface area contributed by atoms with Gasteiger partial charge < -0.3 is 5.32 Å². The van der Waals surface area contributed by atoms with Crippen molar-refractivity contribution in [2.45, 2.75) is 51.6 Å². The quantitative estimate of drug-likeness (QED) is 0.691. The van der Waals surface area contributed by atoms with Gasteiger partial charge in [0.2, 0.25) is 0 Å². The number of hydrogen-bond donors (Lipinski definition) is 1. The van der Waals surface area contributed by atoms with E-state index in [4.69, 9.17) is 0 Å². The van der Waals surface area contributed by atoms with Crippen LogP contribution in [0.4, 0.5) is 4.39 Å². The third-order valence-electron chi connectivity index (χ3n) is 2.69. The van der Waals surface area contributed by atoms with Crippen molar-refractivity contribution in [2.24, 2.45) is 5.92 Å². The molecule has 1 nitrogen and oxygen atoms in total. The second-order valence-corrected chi connectivity index (χ2v) is 4.19. The van der Waals surface area contributed by atoms with Crippen LogP contribution in [0, 0.1) is 5.92 Å². The first-order valence-corrected chi connectivity index (χ1v) is 5.04. The predicted octanol–water partition coefficient (Wildman–Crippen LogP) is 2.51. The Kier molecular flexibility index (Phi) is 3.99. The van der Waals surface area contributed by atoms with E-state index >= 15 is 0 Å². The molecular formula is C10H20FN. The molecule has 0 bridgehead atoms. The van der Waals surface area contributed by atoms with Crippen LogP contribution in [-0.4, -0.2) is 18.8 Å². The minimum Gasteiger partial charge on any atom is -0.309 e. The van der Waals surface area contributed by atoms with Crippen molar-refractivity contribution in [1.82, 2.24) is 5.32 Å². The molecule has 0 aromatic heterocycles. The fraction of sp³-hybridized carbons (Fsp3) is 1.00. The minimum absolute atomic E-state index is 0.0419. The van der Waals surface area contributed by atoms with Crippen molar-refractivity contribution >= 4 is 0 Å². The maximum atomic E-state index is 12.2. The van der Waals surface area contributed by atoms with Gasteiger partial charge in [-0.1, -0.05) is 19.8 Å². The molecule has 0 aromatic rings. The Balaban J connectivity index is 2.22. The fourth-order valence-electron chi connectivity index (χ4n) is 2.03. The molecule has 3 atom stereocenters. The van der Waals surface area contributed by atoms with Gasteiger partial charge in [-0.25, -0.2) is 4.39 Å². The maximum absolute atomic E-state index is 12.2.